The van der Waals surface area contributed by atoms with E-state index in [2.05, 4.69) is 29.6 Å². The summed E-state index contributed by atoms with van der Waals surface area (Å²) in [6.07, 6.45) is 0.338. The molecule has 0 fully saturated rings. The monoisotopic (exact) mass is 475 g/mol. The van der Waals surface area contributed by atoms with Crippen molar-refractivity contribution in [2.45, 2.75) is 5.92 Å². The van der Waals surface area contributed by atoms with Gasteiger partial charge in [0.15, 0.2) is 0 Å². The van der Waals surface area contributed by atoms with Crippen LogP contribution < -0.4 is 10.1 Å². The van der Waals surface area contributed by atoms with E-state index in [9.17, 15) is 9.59 Å². The van der Waals surface area contributed by atoms with Crippen molar-refractivity contribution in [1.82, 2.24) is 5.32 Å². The summed E-state index contributed by atoms with van der Waals surface area (Å²) in [7, 11) is 0. The Hall–Kier alpha value is -3.68. The van der Waals surface area contributed by atoms with Gasteiger partial charge in [0.1, 0.15) is 25.2 Å². The summed E-state index contributed by atoms with van der Waals surface area (Å²) in [5, 5.41) is 2.72. The lowest BCUT2D eigenvalue weighted by Gasteiger charge is -2.14. The highest BCUT2D eigenvalue weighted by Crippen LogP contribution is 2.44. The fourth-order valence-electron chi connectivity index (χ4n) is 4.06. The number of fused-ring (bicyclic) bond motifs is 3. The van der Waals surface area contributed by atoms with Gasteiger partial charge < -0.3 is 24.3 Å². The van der Waals surface area contributed by atoms with Gasteiger partial charge in [0.2, 0.25) is 0 Å². The Labute approximate surface area is 205 Å². The lowest BCUT2D eigenvalue weighted by Crippen LogP contribution is -2.29. The summed E-state index contributed by atoms with van der Waals surface area (Å²) in [4.78, 5) is 22.8. The van der Waals surface area contributed by atoms with Crippen molar-refractivity contribution in [2.75, 3.05) is 46.2 Å². The predicted molar refractivity (Wildman–Crippen MR) is 132 cm³/mol. The molecule has 7 heteroatoms. The number of aldehydes is 1. The average molecular weight is 476 g/mol. The highest BCUT2D eigenvalue weighted by Gasteiger charge is 2.28. The summed E-state index contributed by atoms with van der Waals surface area (Å²) < 4.78 is 22.0. The maximum atomic E-state index is 12.1. The zero-order valence-electron chi connectivity index (χ0n) is 19.5. The number of hydrogen-bond donors (Lipinski definition) is 1. The third-order valence-corrected chi connectivity index (χ3v) is 5.74. The number of carbonyl (C=O) groups excluding carboxylic acids is 2. The molecule has 0 bridgehead atoms. The van der Waals surface area contributed by atoms with Gasteiger partial charge in [-0.25, -0.2) is 4.79 Å². The van der Waals surface area contributed by atoms with E-state index in [1.807, 2.05) is 24.3 Å². The van der Waals surface area contributed by atoms with Gasteiger partial charge in [-0.2, -0.15) is 0 Å². The Balaban J connectivity index is 1.04. The fraction of sp³-hybridized carbons (Fsp3) is 0.286. The highest BCUT2D eigenvalue weighted by molar-refractivity contribution is 5.79. The topological polar surface area (TPSA) is 83.1 Å². The Morgan fingerprint density at radius 2 is 1.37 bits per heavy atom. The number of carbonyl (C=O) groups is 2. The van der Waals surface area contributed by atoms with Crippen LogP contribution in [0.15, 0.2) is 72.8 Å². The molecule has 3 aromatic carbocycles. The Morgan fingerprint density at radius 1 is 0.771 bits per heavy atom. The quantitative estimate of drug-likeness (QED) is 0.291. The molecule has 0 heterocycles. The Morgan fingerprint density at radius 3 is 2.03 bits per heavy atom. The van der Waals surface area contributed by atoms with Crippen LogP contribution in [0.3, 0.4) is 0 Å². The number of benzene rings is 3. The third kappa shape index (κ3) is 6.68. The van der Waals surface area contributed by atoms with Crippen LogP contribution in [-0.4, -0.2) is 58.6 Å². The van der Waals surface area contributed by atoms with Crippen LogP contribution in [-0.2, 0) is 14.2 Å². The molecule has 0 atom stereocenters. The second-order valence-corrected chi connectivity index (χ2v) is 8.01. The van der Waals surface area contributed by atoms with Crippen LogP contribution in [0, 0.1) is 0 Å². The first-order chi connectivity index (χ1) is 17.3. The van der Waals surface area contributed by atoms with Crippen LogP contribution in [0.25, 0.3) is 11.1 Å². The van der Waals surface area contributed by atoms with Gasteiger partial charge in [-0.1, -0.05) is 48.5 Å². The van der Waals surface area contributed by atoms with Gasteiger partial charge in [-0.05, 0) is 46.5 Å². The van der Waals surface area contributed by atoms with Gasteiger partial charge in [-0.15, -0.1) is 0 Å². The van der Waals surface area contributed by atoms with Gasteiger partial charge in [-0.3, -0.25) is 4.79 Å². The molecule has 3 aromatic rings. The van der Waals surface area contributed by atoms with Gasteiger partial charge >= 0.3 is 6.09 Å². The summed E-state index contributed by atoms with van der Waals surface area (Å²) >= 11 is 0. The molecule has 0 saturated carbocycles. The molecule has 182 valence electrons. The minimum Gasteiger partial charge on any atom is -0.491 e. The summed E-state index contributed by atoms with van der Waals surface area (Å²) in [5.74, 6) is 0.732. The molecule has 0 saturated heterocycles. The van der Waals surface area contributed by atoms with E-state index in [-0.39, 0.29) is 12.5 Å². The maximum absolute atomic E-state index is 12.1. The first-order valence-corrected chi connectivity index (χ1v) is 11.7. The molecule has 1 aliphatic carbocycles. The molecule has 0 aromatic heterocycles. The number of alkyl carbamates (subject to hydrolysis) is 1. The first-order valence-electron chi connectivity index (χ1n) is 11.7. The second kappa shape index (κ2) is 12.7. The SMILES string of the molecule is O=Cc1ccc(OCCOCCOCCNC(=O)OCC2c3ccccc3-c3ccccc32)cc1. The number of hydrogen-bond acceptors (Lipinski definition) is 6. The van der Waals surface area contributed by atoms with E-state index < -0.39 is 6.09 Å². The molecule has 7 nitrogen and oxygen atoms in total. The normalized spacial score (nSPS) is 12.0. The van der Waals surface area contributed by atoms with E-state index in [0.717, 1.165) is 6.29 Å². The maximum Gasteiger partial charge on any atom is 0.407 e. The largest absolute Gasteiger partial charge is 0.491 e. The van der Waals surface area contributed by atoms with Gasteiger partial charge in [0.05, 0.1) is 26.4 Å². The lowest BCUT2D eigenvalue weighted by molar-refractivity contribution is 0.0369. The zero-order valence-corrected chi connectivity index (χ0v) is 19.5. The van der Waals surface area contributed by atoms with Crippen LogP contribution in [0.5, 0.6) is 5.75 Å². The van der Waals surface area contributed by atoms with Crippen LogP contribution in [0.2, 0.25) is 0 Å². The molecule has 1 N–H and O–H groups in total. The minimum atomic E-state index is -0.454. The molecular formula is C28H29NO6. The molecule has 0 radical (unpaired) electrons. The second-order valence-electron chi connectivity index (χ2n) is 8.01. The van der Waals surface area contributed by atoms with Crippen molar-refractivity contribution >= 4 is 12.4 Å². The lowest BCUT2D eigenvalue weighted by atomic mass is 9.98. The molecule has 4 rings (SSSR count). The van der Waals surface area contributed by atoms with Crippen LogP contribution >= 0.6 is 0 Å². The van der Waals surface area contributed by atoms with Crippen molar-refractivity contribution in [3.8, 4) is 16.9 Å². The molecular weight excluding hydrogens is 446 g/mol. The van der Waals surface area contributed by atoms with Crippen molar-refractivity contribution in [3.05, 3.63) is 89.5 Å². The summed E-state index contributed by atoms with van der Waals surface area (Å²) in [6.45, 7) is 2.70. The van der Waals surface area contributed by atoms with E-state index in [1.165, 1.54) is 22.3 Å². The number of rotatable bonds is 13. The third-order valence-electron chi connectivity index (χ3n) is 5.74. The standard InChI is InChI=1S/C28H29NO6/c30-19-21-9-11-22(12-10-21)34-18-17-33-16-15-32-14-13-29-28(31)35-20-27-25-7-3-1-5-23(25)24-6-2-4-8-26(24)27/h1-12,19,27H,13-18,20H2,(H,29,31). The van der Waals surface area contributed by atoms with E-state index in [4.69, 9.17) is 18.9 Å². The molecule has 1 aliphatic rings. The van der Waals surface area contributed by atoms with E-state index in [1.54, 1.807) is 24.3 Å². The van der Waals surface area contributed by atoms with E-state index in [0.29, 0.717) is 50.9 Å². The van der Waals surface area contributed by atoms with Crippen LogP contribution in [0.1, 0.15) is 27.4 Å². The first kappa shape index (κ1) is 24.4. The molecule has 35 heavy (non-hydrogen) atoms. The fourth-order valence-corrected chi connectivity index (χ4v) is 4.06. The van der Waals surface area contributed by atoms with Crippen molar-refractivity contribution in [3.63, 3.8) is 0 Å². The van der Waals surface area contributed by atoms with Crippen molar-refractivity contribution in [1.29, 1.82) is 0 Å². The average Bonchev–Trinajstić information content (AvgIpc) is 3.22. The van der Waals surface area contributed by atoms with Crippen molar-refractivity contribution < 1.29 is 28.5 Å². The van der Waals surface area contributed by atoms with E-state index >= 15 is 0 Å². The van der Waals surface area contributed by atoms with Crippen LogP contribution in [0.4, 0.5) is 4.79 Å². The molecule has 0 unspecified atom stereocenters. The summed E-state index contributed by atoms with van der Waals surface area (Å²) in [6, 6.07) is 23.4. The number of ether oxygens (including phenoxy) is 4. The smallest absolute Gasteiger partial charge is 0.407 e. The number of nitrogens with one attached hydrogen (secondary N) is 1. The number of amides is 1. The van der Waals surface area contributed by atoms with Gasteiger partial charge in [0, 0.05) is 18.0 Å². The van der Waals surface area contributed by atoms with Crippen molar-refractivity contribution in [2.24, 2.45) is 0 Å². The zero-order chi connectivity index (χ0) is 24.3. The molecule has 1 amide bonds. The van der Waals surface area contributed by atoms with Gasteiger partial charge in [0.25, 0.3) is 0 Å². The summed E-state index contributed by atoms with van der Waals surface area (Å²) in [5.41, 5.74) is 5.39. The Kier molecular flexibility index (Phi) is 8.86. The Bertz CT molecular complexity index is 1070. The highest BCUT2D eigenvalue weighted by atomic mass is 16.6. The minimum absolute atomic E-state index is 0.0428. The molecule has 0 spiro atoms. The predicted octanol–water partition coefficient (Wildman–Crippen LogP) is 4.45. The molecule has 0 aliphatic heterocycles.